The van der Waals surface area contributed by atoms with Crippen LogP contribution in [0.4, 0.5) is 11.6 Å². The number of piperidine rings is 1. The maximum Gasteiger partial charge on any atom is 0.246 e. The third-order valence-electron chi connectivity index (χ3n) is 4.74. The van der Waals surface area contributed by atoms with Gasteiger partial charge in [-0.3, -0.25) is 9.78 Å². The van der Waals surface area contributed by atoms with Gasteiger partial charge in [0.2, 0.25) is 5.91 Å². The molecule has 4 rings (SSSR count). The van der Waals surface area contributed by atoms with Crippen molar-refractivity contribution < 1.29 is 9.21 Å². The van der Waals surface area contributed by atoms with Crippen LogP contribution >= 0.6 is 0 Å². The number of nitrogens with zero attached hydrogens (tertiary/aromatic N) is 4. The van der Waals surface area contributed by atoms with E-state index in [1.165, 1.54) is 0 Å². The number of carbonyl (C=O) groups excluding carboxylic acids is 1. The molecular formula is C21H21N5O2. The minimum Gasteiger partial charge on any atom is -0.465 e. The van der Waals surface area contributed by atoms with Gasteiger partial charge in [-0.05, 0) is 48.7 Å². The highest BCUT2D eigenvalue weighted by molar-refractivity contribution is 5.91. The van der Waals surface area contributed by atoms with Gasteiger partial charge in [0.15, 0.2) is 0 Å². The zero-order valence-corrected chi connectivity index (χ0v) is 15.4. The zero-order chi connectivity index (χ0) is 19.2. The van der Waals surface area contributed by atoms with Crippen molar-refractivity contribution in [2.45, 2.75) is 18.8 Å². The number of carbonyl (C=O) groups is 1. The molecule has 0 bridgehead atoms. The second-order valence-corrected chi connectivity index (χ2v) is 6.66. The van der Waals surface area contributed by atoms with E-state index >= 15 is 0 Å². The van der Waals surface area contributed by atoms with Crippen molar-refractivity contribution in [3.05, 3.63) is 72.7 Å². The van der Waals surface area contributed by atoms with Crippen LogP contribution in [0.2, 0.25) is 0 Å². The molecule has 0 aliphatic carbocycles. The van der Waals surface area contributed by atoms with Crippen molar-refractivity contribution in [1.29, 1.82) is 0 Å². The van der Waals surface area contributed by atoms with Crippen LogP contribution in [0.3, 0.4) is 0 Å². The molecule has 28 heavy (non-hydrogen) atoms. The largest absolute Gasteiger partial charge is 0.465 e. The number of likely N-dealkylation sites (tertiary alicyclic amines) is 1. The van der Waals surface area contributed by atoms with Crippen LogP contribution in [-0.2, 0) is 4.79 Å². The van der Waals surface area contributed by atoms with Gasteiger partial charge in [-0.1, -0.05) is 0 Å². The molecule has 1 aliphatic heterocycles. The Balaban J connectivity index is 1.43. The van der Waals surface area contributed by atoms with Crippen molar-refractivity contribution in [1.82, 2.24) is 19.9 Å². The Morgan fingerprint density at radius 3 is 2.96 bits per heavy atom. The summed E-state index contributed by atoms with van der Waals surface area (Å²) in [5, 5.41) is 3.17. The van der Waals surface area contributed by atoms with E-state index < -0.39 is 0 Å². The molecule has 1 aliphatic rings. The Bertz CT molecular complexity index is 940. The molecule has 1 N–H and O–H groups in total. The summed E-state index contributed by atoms with van der Waals surface area (Å²) < 4.78 is 5.24. The first-order valence-electron chi connectivity index (χ1n) is 9.27. The minimum atomic E-state index is 0.00747. The van der Waals surface area contributed by atoms with Gasteiger partial charge in [0.25, 0.3) is 0 Å². The van der Waals surface area contributed by atoms with Gasteiger partial charge in [-0.25, -0.2) is 9.97 Å². The van der Waals surface area contributed by atoms with E-state index in [1.54, 1.807) is 49.3 Å². The third kappa shape index (κ3) is 4.43. The summed E-state index contributed by atoms with van der Waals surface area (Å²) in [6.45, 7) is 1.46. The molecule has 0 radical (unpaired) electrons. The van der Waals surface area contributed by atoms with Crippen LogP contribution in [0.25, 0.3) is 6.08 Å². The Kier molecular flexibility index (Phi) is 5.42. The summed E-state index contributed by atoms with van der Waals surface area (Å²) in [5.74, 6) is 2.33. The van der Waals surface area contributed by atoms with Crippen LogP contribution in [0, 0.1) is 0 Å². The van der Waals surface area contributed by atoms with E-state index in [1.807, 2.05) is 23.1 Å². The molecule has 0 saturated carbocycles. The minimum absolute atomic E-state index is 0.00747. The maximum absolute atomic E-state index is 12.5. The average molecular weight is 375 g/mol. The topological polar surface area (TPSA) is 84.2 Å². The highest BCUT2D eigenvalue weighted by Crippen LogP contribution is 2.28. The first-order valence-corrected chi connectivity index (χ1v) is 9.27. The highest BCUT2D eigenvalue weighted by atomic mass is 16.3. The van der Waals surface area contributed by atoms with E-state index in [-0.39, 0.29) is 11.8 Å². The molecule has 7 nitrogen and oxygen atoms in total. The Morgan fingerprint density at radius 1 is 1.21 bits per heavy atom. The van der Waals surface area contributed by atoms with E-state index in [2.05, 4.69) is 20.3 Å². The fraction of sp³-hybridized carbons (Fsp3) is 0.238. The van der Waals surface area contributed by atoms with Gasteiger partial charge in [0, 0.05) is 43.7 Å². The quantitative estimate of drug-likeness (QED) is 0.686. The first-order chi connectivity index (χ1) is 13.8. The zero-order valence-electron chi connectivity index (χ0n) is 15.4. The maximum atomic E-state index is 12.5. The number of hydrogen-bond acceptors (Lipinski definition) is 6. The predicted octanol–water partition coefficient (Wildman–Crippen LogP) is 3.63. The van der Waals surface area contributed by atoms with Crippen molar-refractivity contribution in [3.8, 4) is 0 Å². The monoisotopic (exact) mass is 375 g/mol. The number of amides is 1. The average Bonchev–Trinajstić information content (AvgIpc) is 3.27. The summed E-state index contributed by atoms with van der Waals surface area (Å²) in [6.07, 6.45) is 13.6. The van der Waals surface area contributed by atoms with E-state index in [4.69, 9.17) is 4.42 Å². The molecule has 142 valence electrons. The summed E-state index contributed by atoms with van der Waals surface area (Å²) in [4.78, 5) is 27.0. The number of furan rings is 1. The number of pyridine rings is 1. The fourth-order valence-corrected chi connectivity index (χ4v) is 3.36. The van der Waals surface area contributed by atoms with Crippen LogP contribution in [0.15, 0.2) is 65.8 Å². The van der Waals surface area contributed by atoms with Crippen LogP contribution in [0.5, 0.6) is 0 Å². The standard InChI is InChI=1S/C21H21N5O2/c27-21(6-5-18-4-2-12-28-18)26-11-1-3-17(15-26)16-7-8-23-19(13-16)25-20-14-22-9-10-24-20/h2,4-10,12-14,17H,1,3,11,15H2,(H,23,24,25)/b6-5+. The molecule has 3 aromatic rings. The molecule has 3 aromatic heterocycles. The number of hydrogen-bond donors (Lipinski definition) is 1. The second kappa shape index (κ2) is 8.47. The highest BCUT2D eigenvalue weighted by Gasteiger charge is 2.24. The number of aromatic nitrogens is 3. The molecule has 0 aromatic carbocycles. The number of rotatable bonds is 5. The third-order valence-corrected chi connectivity index (χ3v) is 4.74. The summed E-state index contributed by atoms with van der Waals surface area (Å²) in [6, 6.07) is 7.66. The molecule has 1 saturated heterocycles. The van der Waals surface area contributed by atoms with Gasteiger partial charge in [-0.2, -0.15) is 0 Å². The second-order valence-electron chi connectivity index (χ2n) is 6.66. The van der Waals surface area contributed by atoms with Crippen LogP contribution in [-0.4, -0.2) is 38.8 Å². The van der Waals surface area contributed by atoms with Gasteiger partial charge in [0.05, 0.1) is 12.5 Å². The molecule has 7 heteroatoms. The van der Waals surface area contributed by atoms with Gasteiger partial charge in [-0.15, -0.1) is 0 Å². The van der Waals surface area contributed by atoms with Crippen molar-refractivity contribution in [3.63, 3.8) is 0 Å². The normalized spacial score (nSPS) is 17.0. The molecule has 0 spiro atoms. The fourth-order valence-electron chi connectivity index (χ4n) is 3.36. The smallest absolute Gasteiger partial charge is 0.246 e. The SMILES string of the molecule is O=C(/C=C/c1ccco1)N1CCCC(c2ccnc(Nc3cnccn3)c2)C1. The Labute approximate surface area is 163 Å². The summed E-state index contributed by atoms with van der Waals surface area (Å²) >= 11 is 0. The van der Waals surface area contributed by atoms with Gasteiger partial charge < -0.3 is 14.6 Å². The lowest BCUT2D eigenvalue weighted by atomic mass is 9.91. The van der Waals surface area contributed by atoms with Gasteiger partial charge >= 0.3 is 0 Å². The molecule has 1 unspecified atom stereocenters. The van der Waals surface area contributed by atoms with E-state index in [0.29, 0.717) is 18.1 Å². The van der Waals surface area contributed by atoms with E-state index in [9.17, 15) is 4.79 Å². The molecule has 1 fully saturated rings. The predicted molar refractivity (Wildman–Crippen MR) is 106 cm³/mol. The first kappa shape index (κ1) is 17.9. The van der Waals surface area contributed by atoms with Crippen LogP contribution < -0.4 is 5.32 Å². The summed E-state index contributed by atoms with van der Waals surface area (Å²) in [5.41, 5.74) is 1.16. The van der Waals surface area contributed by atoms with Crippen molar-refractivity contribution >= 4 is 23.6 Å². The number of nitrogens with one attached hydrogen (secondary N) is 1. The molecular weight excluding hydrogens is 354 g/mol. The molecule has 1 amide bonds. The van der Waals surface area contributed by atoms with E-state index in [0.717, 1.165) is 30.8 Å². The lowest BCUT2D eigenvalue weighted by molar-refractivity contribution is -0.127. The molecule has 1 atom stereocenters. The van der Waals surface area contributed by atoms with Crippen molar-refractivity contribution in [2.24, 2.45) is 0 Å². The van der Waals surface area contributed by atoms with Crippen molar-refractivity contribution in [2.75, 3.05) is 18.4 Å². The Hall–Kier alpha value is -3.48. The lowest BCUT2D eigenvalue weighted by Crippen LogP contribution is -2.38. The summed E-state index contributed by atoms with van der Waals surface area (Å²) in [7, 11) is 0. The lowest BCUT2D eigenvalue weighted by Gasteiger charge is -2.32. The Morgan fingerprint density at radius 2 is 2.14 bits per heavy atom. The molecule has 4 heterocycles. The number of anilines is 2. The van der Waals surface area contributed by atoms with Crippen LogP contribution in [0.1, 0.15) is 30.1 Å². The van der Waals surface area contributed by atoms with Gasteiger partial charge in [0.1, 0.15) is 17.4 Å².